The highest BCUT2D eigenvalue weighted by Crippen LogP contribution is 2.31. The molecule has 3 N–H and O–H groups in total. The molecule has 2 rings (SSSR count). The van der Waals surface area contributed by atoms with Gasteiger partial charge in [-0.1, -0.05) is 0 Å². The van der Waals surface area contributed by atoms with Crippen molar-refractivity contribution in [2.24, 2.45) is 5.73 Å². The SMILES string of the molecule is Cc1nnc(C2CCC(N)CC2)o1.O=C(O)C(F)(F)F. The molecule has 1 aliphatic carbocycles. The minimum atomic E-state index is -5.08. The van der Waals surface area contributed by atoms with Gasteiger partial charge in [-0.25, -0.2) is 4.79 Å². The topological polar surface area (TPSA) is 102 Å². The number of carbonyl (C=O) groups is 1. The first-order chi connectivity index (χ1) is 9.20. The lowest BCUT2D eigenvalue weighted by atomic mass is 9.86. The quantitative estimate of drug-likeness (QED) is 0.821. The predicted molar refractivity (Wildman–Crippen MR) is 61.9 cm³/mol. The predicted octanol–water partition coefficient (Wildman–Crippen LogP) is 2.00. The fraction of sp³-hybridized carbons (Fsp3) is 0.727. The van der Waals surface area contributed by atoms with Gasteiger partial charge in [0.1, 0.15) is 0 Å². The molecule has 1 saturated carbocycles. The highest BCUT2D eigenvalue weighted by atomic mass is 19.4. The minimum absolute atomic E-state index is 0.375. The molecule has 0 atom stereocenters. The molecule has 1 fully saturated rings. The summed E-state index contributed by atoms with van der Waals surface area (Å²) in [6, 6.07) is 0.375. The first-order valence-electron chi connectivity index (χ1n) is 6.06. The third kappa shape index (κ3) is 5.16. The van der Waals surface area contributed by atoms with E-state index in [4.69, 9.17) is 20.1 Å². The second-order valence-corrected chi connectivity index (χ2v) is 4.57. The van der Waals surface area contributed by atoms with Crippen LogP contribution in [-0.4, -0.2) is 33.5 Å². The molecule has 1 aromatic rings. The van der Waals surface area contributed by atoms with Crippen molar-refractivity contribution < 1.29 is 27.5 Å². The second-order valence-electron chi connectivity index (χ2n) is 4.57. The summed E-state index contributed by atoms with van der Waals surface area (Å²) >= 11 is 0. The summed E-state index contributed by atoms with van der Waals surface area (Å²) in [4.78, 5) is 8.90. The Kier molecular flexibility index (Phi) is 5.49. The van der Waals surface area contributed by atoms with Crippen LogP contribution in [0.2, 0.25) is 0 Å². The number of nitrogens with zero attached hydrogens (tertiary/aromatic N) is 2. The summed E-state index contributed by atoms with van der Waals surface area (Å²) in [6.45, 7) is 1.82. The highest BCUT2D eigenvalue weighted by Gasteiger charge is 2.38. The van der Waals surface area contributed by atoms with Crippen LogP contribution in [-0.2, 0) is 4.79 Å². The molecule has 0 radical (unpaired) electrons. The molecule has 1 aliphatic rings. The largest absolute Gasteiger partial charge is 0.490 e. The zero-order valence-electron chi connectivity index (χ0n) is 10.9. The number of aryl methyl sites for hydroxylation is 1. The van der Waals surface area contributed by atoms with Crippen molar-refractivity contribution in [3.63, 3.8) is 0 Å². The number of aliphatic carboxylic acids is 1. The zero-order valence-corrected chi connectivity index (χ0v) is 10.9. The van der Waals surface area contributed by atoms with E-state index >= 15 is 0 Å². The van der Waals surface area contributed by atoms with Crippen molar-refractivity contribution in [2.75, 3.05) is 0 Å². The molecule has 0 amide bonds. The number of hydrogen-bond donors (Lipinski definition) is 2. The summed E-state index contributed by atoms with van der Waals surface area (Å²) in [6.07, 6.45) is -0.760. The maximum atomic E-state index is 10.6. The molecule has 6 nitrogen and oxygen atoms in total. The Morgan fingerprint density at radius 3 is 2.15 bits per heavy atom. The van der Waals surface area contributed by atoms with Gasteiger partial charge in [-0.3, -0.25) is 0 Å². The van der Waals surface area contributed by atoms with Crippen LogP contribution in [0.4, 0.5) is 13.2 Å². The lowest BCUT2D eigenvalue weighted by Gasteiger charge is -2.23. The monoisotopic (exact) mass is 295 g/mol. The van der Waals surface area contributed by atoms with Crippen molar-refractivity contribution in [3.05, 3.63) is 11.8 Å². The fourth-order valence-electron chi connectivity index (χ4n) is 1.84. The summed E-state index contributed by atoms with van der Waals surface area (Å²) < 4.78 is 37.1. The smallest absolute Gasteiger partial charge is 0.475 e. The van der Waals surface area contributed by atoms with Gasteiger partial charge in [-0.15, -0.1) is 10.2 Å². The van der Waals surface area contributed by atoms with Crippen molar-refractivity contribution in [2.45, 2.75) is 50.7 Å². The van der Waals surface area contributed by atoms with E-state index in [9.17, 15) is 13.2 Å². The average Bonchev–Trinajstić information content (AvgIpc) is 2.76. The van der Waals surface area contributed by atoms with Gasteiger partial charge in [0.25, 0.3) is 0 Å². The summed E-state index contributed by atoms with van der Waals surface area (Å²) in [7, 11) is 0. The second kappa shape index (κ2) is 6.69. The Hall–Kier alpha value is -1.64. The number of nitrogens with two attached hydrogens (primary N) is 1. The number of rotatable bonds is 1. The molecule has 20 heavy (non-hydrogen) atoms. The van der Waals surface area contributed by atoms with Crippen LogP contribution in [0.5, 0.6) is 0 Å². The Balaban J connectivity index is 0.000000246. The van der Waals surface area contributed by atoms with Gasteiger partial charge in [0.2, 0.25) is 11.8 Å². The molecule has 0 aliphatic heterocycles. The van der Waals surface area contributed by atoms with Crippen LogP contribution < -0.4 is 5.73 Å². The molecule has 9 heteroatoms. The molecular weight excluding hydrogens is 279 g/mol. The maximum absolute atomic E-state index is 10.6. The molecule has 0 unspecified atom stereocenters. The van der Waals surface area contributed by atoms with Crippen LogP contribution >= 0.6 is 0 Å². The van der Waals surface area contributed by atoms with E-state index in [0.29, 0.717) is 17.9 Å². The van der Waals surface area contributed by atoms with Crippen LogP contribution in [0.15, 0.2) is 4.42 Å². The van der Waals surface area contributed by atoms with Gasteiger partial charge in [0, 0.05) is 18.9 Å². The zero-order chi connectivity index (χ0) is 15.3. The number of carboxylic acid groups (broad SMARTS) is 1. The first kappa shape index (κ1) is 16.4. The van der Waals surface area contributed by atoms with Crippen molar-refractivity contribution in [3.8, 4) is 0 Å². The summed E-state index contributed by atoms with van der Waals surface area (Å²) in [5, 5.41) is 15.0. The van der Waals surface area contributed by atoms with Gasteiger partial charge in [0.05, 0.1) is 0 Å². The standard InChI is InChI=1S/C9H15N3O.C2HF3O2/c1-6-11-12-9(13-6)7-2-4-8(10)5-3-7;3-2(4,5)1(6)7/h7-8H,2-5,10H2,1H3;(H,6,7). The first-order valence-corrected chi connectivity index (χ1v) is 6.06. The highest BCUT2D eigenvalue weighted by molar-refractivity contribution is 5.73. The molecule has 1 heterocycles. The van der Waals surface area contributed by atoms with Gasteiger partial charge < -0.3 is 15.3 Å². The van der Waals surface area contributed by atoms with E-state index in [-0.39, 0.29) is 0 Å². The van der Waals surface area contributed by atoms with Gasteiger partial charge >= 0.3 is 12.1 Å². The Labute approximate surface area is 113 Å². The molecule has 114 valence electrons. The summed E-state index contributed by atoms with van der Waals surface area (Å²) in [5.74, 6) is -0.859. The van der Waals surface area contributed by atoms with Gasteiger partial charge in [-0.05, 0) is 25.7 Å². The average molecular weight is 295 g/mol. The number of alkyl halides is 3. The number of aromatic nitrogens is 2. The van der Waals surface area contributed by atoms with E-state index in [0.717, 1.165) is 31.6 Å². The maximum Gasteiger partial charge on any atom is 0.490 e. The number of hydrogen-bond acceptors (Lipinski definition) is 5. The molecular formula is C11H16F3N3O3. The Bertz CT molecular complexity index is 440. The van der Waals surface area contributed by atoms with Crippen LogP contribution in [0, 0.1) is 6.92 Å². The Morgan fingerprint density at radius 1 is 1.30 bits per heavy atom. The fourth-order valence-corrected chi connectivity index (χ4v) is 1.84. The molecule has 0 spiro atoms. The lowest BCUT2D eigenvalue weighted by molar-refractivity contribution is -0.192. The molecule has 0 aromatic carbocycles. The lowest BCUT2D eigenvalue weighted by Crippen LogP contribution is -2.25. The summed E-state index contributed by atoms with van der Waals surface area (Å²) in [5.41, 5.74) is 5.81. The van der Waals surface area contributed by atoms with E-state index in [2.05, 4.69) is 10.2 Å². The van der Waals surface area contributed by atoms with Gasteiger partial charge in [-0.2, -0.15) is 13.2 Å². The van der Waals surface area contributed by atoms with Crippen LogP contribution in [0.25, 0.3) is 0 Å². The van der Waals surface area contributed by atoms with Crippen LogP contribution in [0.3, 0.4) is 0 Å². The normalized spacial score (nSPS) is 22.9. The molecule has 1 aromatic heterocycles. The third-order valence-corrected chi connectivity index (χ3v) is 2.91. The van der Waals surface area contributed by atoms with Crippen molar-refractivity contribution in [1.29, 1.82) is 0 Å². The minimum Gasteiger partial charge on any atom is -0.475 e. The number of carboxylic acids is 1. The van der Waals surface area contributed by atoms with Gasteiger partial charge in [0.15, 0.2) is 0 Å². The molecule has 0 bridgehead atoms. The third-order valence-electron chi connectivity index (χ3n) is 2.91. The van der Waals surface area contributed by atoms with Crippen molar-refractivity contribution in [1.82, 2.24) is 10.2 Å². The number of halogens is 3. The Morgan fingerprint density at radius 2 is 1.80 bits per heavy atom. The van der Waals surface area contributed by atoms with E-state index in [1.807, 2.05) is 6.92 Å². The van der Waals surface area contributed by atoms with Crippen molar-refractivity contribution >= 4 is 5.97 Å². The van der Waals surface area contributed by atoms with E-state index in [1.165, 1.54) is 0 Å². The van der Waals surface area contributed by atoms with E-state index in [1.54, 1.807) is 0 Å². The molecule has 0 saturated heterocycles. The van der Waals surface area contributed by atoms with E-state index < -0.39 is 12.1 Å². The van der Waals surface area contributed by atoms with Crippen LogP contribution in [0.1, 0.15) is 43.4 Å².